The first-order valence-electron chi connectivity index (χ1n) is 9.78. The summed E-state index contributed by atoms with van der Waals surface area (Å²) in [5, 5.41) is 12.9. The fourth-order valence-electron chi connectivity index (χ4n) is 3.01. The molecule has 1 aromatic carbocycles. The van der Waals surface area contributed by atoms with E-state index in [2.05, 4.69) is 31.0 Å². The Hall–Kier alpha value is -3.95. The lowest BCUT2D eigenvalue weighted by molar-refractivity contribution is -0.116. The van der Waals surface area contributed by atoms with Gasteiger partial charge in [0.05, 0.1) is 29.6 Å². The molecule has 3 rings (SSSR count). The molecule has 0 spiro atoms. The van der Waals surface area contributed by atoms with Crippen LogP contribution >= 0.6 is 0 Å². The van der Waals surface area contributed by atoms with Gasteiger partial charge in [-0.3, -0.25) is 14.3 Å². The summed E-state index contributed by atoms with van der Waals surface area (Å²) in [5.41, 5.74) is 2.08. The van der Waals surface area contributed by atoms with Gasteiger partial charge < -0.3 is 20.7 Å². The normalized spacial score (nSPS) is 10.5. The van der Waals surface area contributed by atoms with Gasteiger partial charge in [0.2, 0.25) is 5.91 Å². The van der Waals surface area contributed by atoms with Crippen LogP contribution in [-0.4, -0.2) is 45.7 Å². The SMILES string of the molecule is CCCC(=O)Nc1cc(Nc2cccc(-c3ncn(C)n3)c2OC)c(C(=O)NC)cn1. The molecule has 162 valence electrons. The predicted molar refractivity (Wildman–Crippen MR) is 117 cm³/mol. The summed E-state index contributed by atoms with van der Waals surface area (Å²) < 4.78 is 7.23. The molecule has 0 aliphatic heterocycles. The smallest absolute Gasteiger partial charge is 0.254 e. The number of pyridine rings is 1. The number of carbonyl (C=O) groups is 2. The minimum Gasteiger partial charge on any atom is -0.494 e. The molecule has 0 bridgehead atoms. The molecule has 0 saturated heterocycles. The zero-order valence-corrected chi connectivity index (χ0v) is 17.9. The molecule has 3 aromatic rings. The summed E-state index contributed by atoms with van der Waals surface area (Å²) in [7, 11) is 4.87. The van der Waals surface area contributed by atoms with E-state index < -0.39 is 0 Å². The Morgan fingerprint density at radius 1 is 1.19 bits per heavy atom. The van der Waals surface area contributed by atoms with Crippen LogP contribution in [0.5, 0.6) is 5.75 Å². The van der Waals surface area contributed by atoms with Gasteiger partial charge in [-0.15, -0.1) is 0 Å². The number of hydrogen-bond donors (Lipinski definition) is 3. The van der Waals surface area contributed by atoms with Crippen molar-refractivity contribution < 1.29 is 14.3 Å². The van der Waals surface area contributed by atoms with Crippen molar-refractivity contribution >= 4 is 29.0 Å². The average Bonchev–Trinajstić information content (AvgIpc) is 3.19. The molecule has 10 nitrogen and oxygen atoms in total. The van der Waals surface area contributed by atoms with Crippen molar-refractivity contribution in [2.75, 3.05) is 24.8 Å². The van der Waals surface area contributed by atoms with Crippen LogP contribution in [0.1, 0.15) is 30.1 Å². The average molecular weight is 423 g/mol. The van der Waals surface area contributed by atoms with Crippen molar-refractivity contribution in [2.45, 2.75) is 19.8 Å². The molecular formula is C21H25N7O3. The Balaban J connectivity index is 2.02. The van der Waals surface area contributed by atoms with Gasteiger partial charge >= 0.3 is 0 Å². The summed E-state index contributed by atoms with van der Waals surface area (Å²) in [4.78, 5) is 32.8. The van der Waals surface area contributed by atoms with Gasteiger partial charge in [-0.05, 0) is 18.6 Å². The van der Waals surface area contributed by atoms with Crippen LogP contribution in [0.15, 0.2) is 36.8 Å². The highest BCUT2D eigenvalue weighted by molar-refractivity contribution is 6.01. The molecule has 0 radical (unpaired) electrons. The summed E-state index contributed by atoms with van der Waals surface area (Å²) in [6, 6.07) is 7.11. The molecule has 0 atom stereocenters. The van der Waals surface area contributed by atoms with E-state index in [9.17, 15) is 9.59 Å². The molecule has 0 aliphatic rings. The molecule has 2 amide bonds. The number of benzene rings is 1. The maximum Gasteiger partial charge on any atom is 0.254 e. The first-order chi connectivity index (χ1) is 15.0. The highest BCUT2D eigenvalue weighted by Crippen LogP contribution is 2.37. The number of methoxy groups -OCH3 is 1. The number of anilines is 3. The van der Waals surface area contributed by atoms with E-state index in [1.165, 1.54) is 13.2 Å². The summed E-state index contributed by atoms with van der Waals surface area (Å²) in [5.74, 6) is 0.911. The predicted octanol–water partition coefficient (Wildman–Crippen LogP) is 2.73. The van der Waals surface area contributed by atoms with Gasteiger partial charge in [0.15, 0.2) is 11.6 Å². The lowest BCUT2D eigenvalue weighted by Crippen LogP contribution is -2.20. The number of nitrogens with one attached hydrogen (secondary N) is 3. The van der Waals surface area contributed by atoms with Gasteiger partial charge in [-0.1, -0.05) is 13.0 Å². The third kappa shape index (κ3) is 4.97. The molecule has 3 N–H and O–H groups in total. The van der Waals surface area contributed by atoms with Crippen LogP contribution in [-0.2, 0) is 11.8 Å². The number of ether oxygens (including phenoxy) is 1. The second-order valence-electron chi connectivity index (χ2n) is 6.75. The van der Waals surface area contributed by atoms with Crippen molar-refractivity contribution in [2.24, 2.45) is 7.05 Å². The van der Waals surface area contributed by atoms with E-state index in [1.54, 1.807) is 31.2 Å². The van der Waals surface area contributed by atoms with Crippen LogP contribution in [0, 0.1) is 0 Å². The first kappa shape index (κ1) is 21.8. The summed E-state index contributed by atoms with van der Waals surface area (Å²) >= 11 is 0. The fraction of sp³-hybridized carbons (Fsp3) is 0.286. The molecule has 0 unspecified atom stereocenters. The van der Waals surface area contributed by atoms with Gasteiger partial charge in [0, 0.05) is 32.8 Å². The van der Waals surface area contributed by atoms with Gasteiger partial charge in [-0.25, -0.2) is 9.97 Å². The van der Waals surface area contributed by atoms with Gasteiger partial charge in [-0.2, -0.15) is 5.10 Å². The van der Waals surface area contributed by atoms with Gasteiger partial charge in [0.1, 0.15) is 12.1 Å². The van der Waals surface area contributed by atoms with Crippen LogP contribution < -0.4 is 20.7 Å². The Morgan fingerprint density at radius 2 is 2.00 bits per heavy atom. The second kappa shape index (κ2) is 9.70. The van der Waals surface area contributed by atoms with E-state index in [1.807, 2.05) is 25.1 Å². The second-order valence-corrected chi connectivity index (χ2v) is 6.75. The maximum atomic E-state index is 12.4. The number of para-hydroxylation sites is 1. The topological polar surface area (TPSA) is 123 Å². The summed E-state index contributed by atoms with van der Waals surface area (Å²) in [6.07, 6.45) is 4.12. The third-order valence-corrected chi connectivity index (χ3v) is 4.45. The van der Waals surface area contributed by atoms with E-state index >= 15 is 0 Å². The molecular weight excluding hydrogens is 398 g/mol. The molecule has 0 aliphatic carbocycles. The first-order valence-corrected chi connectivity index (χ1v) is 9.78. The van der Waals surface area contributed by atoms with Crippen LogP contribution in [0.25, 0.3) is 11.4 Å². The van der Waals surface area contributed by atoms with Crippen LogP contribution in [0.2, 0.25) is 0 Å². The molecule has 0 saturated carbocycles. The Labute approximate surface area is 180 Å². The lowest BCUT2D eigenvalue weighted by Gasteiger charge is -2.16. The zero-order chi connectivity index (χ0) is 22.4. The Kier molecular flexibility index (Phi) is 6.81. The largest absolute Gasteiger partial charge is 0.494 e. The zero-order valence-electron chi connectivity index (χ0n) is 17.9. The van der Waals surface area contributed by atoms with Crippen molar-refractivity contribution in [3.8, 4) is 17.1 Å². The number of nitrogens with zero attached hydrogens (tertiary/aromatic N) is 4. The van der Waals surface area contributed by atoms with E-state index in [4.69, 9.17) is 4.74 Å². The lowest BCUT2D eigenvalue weighted by atomic mass is 10.1. The van der Waals surface area contributed by atoms with Crippen LogP contribution in [0.4, 0.5) is 17.2 Å². The maximum absolute atomic E-state index is 12.4. The highest BCUT2D eigenvalue weighted by Gasteiger charge is 2.18. The highest BCUT2D eigenvalue weighted by atomic mass is 16.5. The number of rotatable bonds is 8. The van der Waals surface area contributed by atoms with Crippen molar-refractivity contribution in [1.29, 1.82) is 0 Å². The van der Waals surface area contributed by atoms with Gasteiger partial charge in [0.25, 0.3) is 5.91 Å². The minimum atomic E-state index is -0.317. The number of amides is 2. The summed E-state index contributed by atoms with van der Waals surface area (Å²) in [6.45, 7) is 1.92. The molecule has 10 heteroatoms. The molecule has 31 heavy (non-hydrogen) atoms. The number of hydrogen-bond acceptors (Lipinski definition) is 7. The Bertz CT molecular complexity index is 1090. The number of carbonyl (C=O) groups excluding carboxylic acids is 2. The quantitative estimate of drug-likeness (QED) is 0.509. The fourth-order valence-corrected chi connectivity index (χ4v) is 3.01. The van der Waals surface area contributed by atoms with E-state index in [0.29, 0.717) is 46.3 Å². The van der Waals surface area contributed by atoms with Crippen LogP contribution in [0.3, 0.4) is 0 Å². The standard InChI is InChI=1S/C21H25N7O3/c1-5-7-18(29)26-17-10-16(14(11-23-17)21(30)22-2)25-15-9-6-8-13(19(15)31-4)20-24-12-28(3)27-20/h6,8-12H,5,7H2,1-4H3,(H,22,30)(H2,23,25,26,29). The van der Waals surface area contributed by atoms with E-state index in [0.717, 1.165) is 6.42 Å². The number of aromatic nitrogens is 4. The monoisotopic (exact) mass is 423 g/mol. The van der Waals surface area contributed by atoms with Crippen molar-refractivity contribution in [1.82, 2.24) is 25.1 Å². The Morgan fingerprint density at radius 3 is 2.65 bits per heavy atom. The van der Waals surface area contributed by atoms with Crippen molar-refractivity contribution in [3.05, 3.63) is 42.4 Å². The molecule has 2 heterocycles. The third-order valence-electron chi connectivity index (χ3n) is 4.45. The van der Waals surface area contributed by atoms with E-state index in [-0.39, 0.29) is 11.8 Å². The van der Waals surface area contributed by atoms with Crippen molar-refractivity contribution in [3.63, 3.8) is 0 Å². The molecule has 0 fully saturated rings. The molecule has 2 aromatic heterocycles. The number of aryl methyl sites for hydroxylation is 1. The minimum absolute atomic E-state index is 0.144.